The predicted octanol–water partition coefficient (Wildman–Crippen LogP) is 2.92. The molecule has 4 nitrogen and oxygen atoms in total. The van der Waals surface area contributed by atoms with E-state index < -0.39 is 0 Å². The summed E-state index contributed by atoms with van der Waals surface area (Å²) in [7, 11) is 5.07. The molecule has 1 aromatic rings. The number of hydrogen-bond acceptors (Lipinski definition) is 4. The molecule has 1 rings (SSSR count). The standard InChI is InChI=1S/C17H29NO3/c1-13-11-15(20-5)16(21-6)12-14(13)17(2,3)7-8-18-9-10-19-4/h11-12,18H,7-10H2,1-6H3. The van der Waals surface area contributed by atoms with Crippen LogP contribution < -0.4 is 14.8 Å². The minimum atomic E-state index is 0.0731. The summed E-state index contributed by atoms with van der Waals surface area (Å²) in [6.45, 7) is 9.24. The lowest BCUT2D eigenvalue weighted by atomic mass is 9.79. The molecule has 0 fully saturated rings. The molecule has 0 aliphatic heterocycles. The zero-order valence-corrected chi connectivity index (χ0v) is 14.2. The van der Waals surface area contributed by atoms with E-state index in [0.29, 0.717) is 0 Å². The first-order chi connectivity index (χ1) is 9.96. The Balaban J connectivity index is 2.81. The number of benzene rings is 1. The maximum Gasteiger partial charge on any atom is 0.161 e. The van der Waals surface area contributed by atoms with Crippen LogP contribution in [0.4, 0.5) is 0 Å². The van der Waals surface area contributed by atoms with Crippen LogP contribution in [0.1, 0.15) is 31.4 Å². The number of rotatable bonds is 9. The van der Waals surface area contributed by atoms with Gasteiger partial charge in [0.25, 0.3) is 0 Å². The van der Waals surface area contributed by atoms with Crippen LogP contribution in [0.5, 0.6) is 11.5 Å². The van der Waals surface area contributed by atoms with Gasteiger partial charge in [-0.15, -0.1) is 0 Å². The van der Waals surface area contributed by atoms with E-state index in [4.69, 9.17) is 14.2 Å². The minimum absolute atomic E-state index is 0.0731. The Morgan fingerprint density at radius 1 is 1.00 bits per heavy atom. The largest absolute Gasteiger partial charge is 0.493 e. The van der Waals surface area contributed by atoms with Gasteiger partial charge in [-0.1, -0.05) is 13.8 Å². The van der Waals surface area contributed by atoms with Crippen LogP contribution in [-0.2, 0) is 10.2 Å². The molecule has 0 aliphatic rings. The Morgan fingerprint density at radius 3 is 2.19 bits per heavy atom. The number of hydrogen-bond donors (Lipinski definition) is 1. The van der Waals surface area contributed by atoms with Crippen molar-refractivity contribution in [3.05, 3.63) is 23.3 Å². The molecule has 120 valence electrons. The molecule has 0 atom stereocenters. The van der Waals surface area contributed by atoms with Gasteiger partial charge in [-0.2, -0.15) is 0 Å². The monoisotopic (exact) mass is 295 g/mol. The third-order valence-corrected chi connectivity index (χ3v) is 3.87. The normalized spacial score (nSPS) is 11.5. The van der Waals surface area contributed by atoms with Crippen molar-refractivity contribution in [1.29, 1.82) is 0 Å². The first kappa shape index (κ1) is 17.8. The zero-order valence-electron chi connectivity index (χ0n) is 14.2. The van der Waals surface area contributed by atoms with Gasteiger partial charge in [0, 0.05) is 13.7 Å². The van der Waals surface area contributed by atoms with Gasteiger partial charge >= 0.3 is 0 Å². The Kier molecular flexibility index (Phi) is 6.99. The molecule has 0 amide bonds. The quantitative estimate of drug-likeness (QED) is 0.711. The van der Waals surface area contributed by atoms with E-state index in [0.717, 1.165) is 37.6 Å². The summed E-state index contributed by atoms with van der Waals surface area (Å²) in [5, 5.41) is 3.40. The van der Waals surface area contributed by atoms with E-state index in [1.165, 1.54) is 11.1 Å². The van der Waals surface area contributed by atoms with Gasteiger partial charge in [0.1, 0.15) is 0 Å². The second-order valence-corrected chi connectivity index (χ2v) is 5.90. The Morgan fingerprint density at radius 2 is 1.62 bits per heavy atom. The van der Waals surface area contributed by atoms with Crippen molar-refractivity contribution in [2.24, 2.45) is 0 Å². The molecular weight excluding hydrogens is 266 g/mol. The molecule has 0 aromatic heterocycles. The van der Waals surface area contributed by atoms with Crippen LogP contribution in [0.2, 0.25) is 0 Å². The van der Waals surface area contributed by atoms with E-state index >= 15 is 0 Å². The molecule has 1 aromatic carbocycles. The molecule has 0 spiro atoms. The fourth-order valence-electron chi connectivity index (χ4n) is 2.54. The fourth-order valence-corrected chi connectivity index (χ4v) is 2.54. The topological polar surface area (TPSA) is 39.7 Å². The number of methoxy groups -OCH3 is 3. The number of nitrogens with one attached hydrogen (secondary N) is 1. The Labute approximate surface area is 128 Å². The molecule has 21 heavy (non-hydrogen) atoms. The highest BCUT2D eigenvalue weighted by Crippen LogP contribution is 2.37. The maximum absolute atomic E-state index is 5.43. The smallest absolute Gasteiger partial charge is 0.161 e. The molecule has 0 unspecified atom stereocenters. The average Bonchev–Trinajstić information content (AvgIpc) is 2.46. The SMILES string of the molecule is COCCNCCC(C)(C)c1cc(OC)c(OC)cc1C. The van der Waals surface area contributed by atoms with Crippen molar-refractivity contribution < 1.29 is 14.2 Å². The number of ether oxygens (including phenoxy) is 3. The summed E-state index contributed by atoms with van der Waals surface area (Å²) in [6.07, 6.45) is 1.05. The molecule has 1 N–H and O–H groups in total. The second kappa shape index (κ2) is 8.25. The van der Waals surface area contributed by atoms with Crippen molar-refractivity contribution in [1.82, 2.24) is 5.32 Å². The first-order valence-electron chi connectivity index (χ1n) is 7.39. The first-order valence-corrected chi connectivity index (χ1v) is 7.39. The van der Waals surface area contributed by atoms with Crippen LogP contribution in [0.15, 0.2) is 12.1 Å². The van der Waals surface area contributed by atoms with Crippen molar-refractivity contribution in [2.45, 2.75) is 32.6 Å². The average molecular weight is 295 g/mol. The van der Waals surface area contributed by atoms with E-state index in [2.05, 4.69) is 32.2 Å². The Bertz CT molecular complexity index is 444. The summed E-state index contributed by atoms with van der Waals surface area (Å²) < 4.78 is 15.8. The van der Waals surface area contributed by atoms with Crippen molar-refractivity contribution in [3.63, 3.8) is 0 Å². The van der Waals surface area contributed by atoms with Gasteiger partial charge in [-0.05, 0) is 48.6 Å². The minimum Gasteiger partial charge on any atom is -0.493 e. The molecule has 0 heterocycles. The van der Waals surface area contributed by atoms with E-state index in [1.54, 1.807) is 21.3 Å². The van der Waals surface area contributed by atoms with Crippen molar-refractivity contribution >= 4 is 0 Å². The Hall–Kier alpha value is -1.26. The second-order valence-electron chi connectivity index (χ2n) is 5.90. The third-order valence-electron chi connectivity index (χ3n) is 3.87. The molecule has 0 saturated carbocycles. The van der Waals surface area contributed by atoms with Gasteiger partial charge in [0.15, 0.2) is 11.5 Å². The lowest BCUT2D eigenvalue weighted by Crippen LogP contribution is -2.28. The highest BCUT2D eigenvalue weighted by Gasteiger charge is 2.24. The van der Waals surface area contributed by atoms with Gasteiger partial charge < -0.3 is 19.5 Å². The number of aryl methyl sites for hydroxylation is 1. The zero-order chi connectivity index (χ0) is 15.9. The van der Waals surface area contributed by atoms with Gasteiger partial charge in [-0.3, -0.25) is 0 Å². The van der Waals surface area contributed by atoms with Crippen LogP contribution in [0.3, 0.4) is 0 Å². The van der Waals surface area contributed by atoms with Crippen LogP contribution in [0.25, 0.3) is 0 Å². The highest BCUT2D eigenvalue weighted by molar-refractivity contribution is 5.49. The van der Waals surface area contributed by atoms with Gasteiger partial charge in [0.2, 0.25) is 0 Å². The summed E-state index contributed by atoms with van der Waals surface area (Å²) >= 11 is 0. The van der Waals surface area contributed by atoms with Crippen molar-refractivity contribution in [2.75, 3.05) is 41.0 Å². The molecule has 0 radical (unpaired) electrons. The lowest BCUT2D eigenvalue weighted by molar-refractivity contribution is 0.198. The van der Waals surface area contributed by atoms with E-state index in [-0.39, 0.29) is 5.41 Å². The van der Waals surface area contributed by atoms with Crippen LogP contribution in [-0.4, -0.2) is 41.0 Å². The fraction of sp³-hybridized carbons (Fsp3) is 0.647. The summed E-state index contributed by atoms with van der Waals surface area (Å²) in [5.41, 5.74) is 2.60. The maximum atomic E-state index is 5.43. The predicted molar refractivity (Wildman–Crippen MR) is 86.7 cm³/mol. The van der Waals surface area contributed by atoms with Crippen LogP contribution >= 0.6 is 0 Å². The lowest BCUT2D eigenvalue weighted by Gasteiger charge is -2.28. The van der Waals surface area contributed by atoms with Gasteiger partial charge in [0.05, 0.1) is 20.8 Å². The summed E-state index contributed by atoms with van der Waals surface area (Å²) in [4.78, 5) is 0. The van der Waals surface area contributed by atoms with E-state index in [1.807, 2.05) is 6.07 Å². The molecular formula is C17H29NO3. The molecule has 0 saturated heterocycles. The van der Waals surface area contributed by atoms with Gasteiger partial charge in [-0.25, -0.2) is 0 Å². The van der Waals surface area contributed by atoms with Crippen molar-refractivity contribution in [3.8, 4) is 11.5 Å². The summed E-state index contributed by atoms with van der Waals surface area (Å²) in [6, 6.07) is 4.15. The molecule has 4 heteroatoms. The van der Waals surface area contributed by atoms with Crippen LogP contribution in [0, 0.1) is 6.92 Å². The molecule has 0 bridgehead atoms. The van der Waals surface area contributed by atoms with E-state index in [9.17, 15) is 0 Å². The third kappa shape index (κ3) is 4.90. The molecule has 0 aliphatic carbocycles. The summed E-state index contributed by atoms with van der Waals surface area (Å²) in [5.74, 6) is 1.58. The highest BCUT2D eigenvalue weighted by atomic mass is 16.5.